The van der Waals surface area contributed by atoms with E-state index < -0.39 is 0 Å². The van der Waals surface area contributed by atoms with Crippen molar-refractivity contribution in [2.24, 2.45) is 5.73 Å². The zero-order valence-electron chi connectivity index (χ0n) is 15.9. The zero-order valence-corrected chi connectivity index (χ0v) is 16.7. The lowest BCUT2D eigenvalue weighted by molar-refractivity contribution is -0.113. The molecule has 6 nitrogen and oxygen atoms in total. The van der Waals surface area contributed by atoms with E-state index in [9.17, 15) is 4.79 Å². The van der Waals surface area contributed by atoms with Gasteiger partial charge in [-0.15, -0.1) is 0 Å². The van der Waals surface area contributed by atoms with E-state index in [1.165, 1.54) is 12.3 Å². The van der Waals surface area contributed by atoms with Crippen LogP contribution in [0.15, 0.2) is 67.0 Å². The molecule has 0 radical (unpaired) electrons. The summed E-state index contributed by atoms with van der Waals surface area (Å²) in [5.74, 6) is 1.03. The number of allylic oxidation sites excluding steroid dienone is 1. The van der Waals surface area contributed by atoms with Gasteiger partial charge in [-0.1, -0.05) is 41.9 Å². The van der Waals surface area contributed by atoms with Crippen molar-refractivity contribution >= 4 is 28.9 Å². The molecule has 3 N–H and O–H groups in total. The van der Waals surface area contributed by atoms with Gasteiger partial charge in [-0.2, -0.15) is 0 Å². The number of rotatable bonds is 8. The number of hydrogen-bond acceptors (Lipinski definition) is 6. The van der Waals surface area contributed by atoms with Crippen molar-refractivity contribution in [1.29, 1.82) is 0 Å². The SMILES string of the molecule is CNc1ncc(Cl)cc1/C(N)=C/C(=O)Cc1ccc(COc2ccccn2)cc1. The summed E-state index contributed by atoms with van der Waals surface area (Å²) >= 11 is 5.99. The molecule has 0 bridgehead atoms. The van der Waals surface area contributed by atoms with Gasteiger partial charge in [-0.05, 0) is 23.3 Å². The highest BCUT2D eigenvalue weighted by molar-refractivity contribution is 6.30. The van der Waals surface area contributed by atoms with Crippen molar-refractivity contribution in [3.8, 4) is 5.88 Å². The van der Waals surface area contributed by atoms with E-state index in [0.717, 1.165) is 11.1 Å². The number of ether oxygens (including phenoxy) is 1. The minimum absolute atomic E-state index is 0.109. The molecule has 0 fully saturated rings. The number of carbonyl (C=O) groups excluding carboxylic acids is 1. The molecule has 148 valence electrons. The van der Waals surface area contributed by atoms with Crippen LogP contribution in [0.3, 0.4) is 0 Å². The average molecular weight is 409 g/mol. The molecule has 0 unspecified atom stereocenters. The highest BCUT2D eigenvalue weighted by atomic mass is 35.5. The van der Waals surface area contributed by atoms with E-state index in [0.29, 0.717) is 34.6 Å². The summed E-state index contributed by atoms with van der Waals surface area (Å²) < 4.78 is 5.62. The van der Waals surface area contributed by atoms with Gasteiger partial charge in [0, 0.05) is 49.3 Å². The van der Waals surface area contributed by atoms with E-state index >= 15 is 0 Å². The second-order valence-electron chi connectivity index (χ2n) is 6.32. The molecule has 3 rings (SSSR count). The zero-order chi connectivity index (χ0) is 20.6. The number of halogens is 1. The van der Waals surface area contributed by atoms with E-state index in [4.69, 9.17) is 22.1 Å². The Balaban J connectivity index is 1.62. The van der Waals surface area contributed by atoms with Crippen LogP contribution in [0.4, 0.5) is 5.82 Å². The molecule has 0 saturated heterocycles. The van der Waals surface area contributed by atoms with E-state index in [2.05, 4.69) is 15.3 Å². The molecule has 7 heteroatoms. The number of carbonyl (C=O) groups is 1. The van der Waals surface area contributed by atoms with Gasteiger partial charge in [-0.3, -0.25) is 4.79 Å². The monoisotopic (exact) mass is 408 g/mol. The summed E-state index contributed by atoms with van der Waals surface area (Å²) in [6, 6.07) is 14.8. The molecule has 29 heavy (non-hydrogen) atoms. The van der Waals surface area contributed by atoms with Crippen LogP contribution in [-0.4, -0.2) is 22.8 Å². The van der Waals surface area contributed by atoms with Gasteiger partial charge in [-0.25, -0.2) is 9.97 Å². The number of benzene rings is 1. The molecule has 0 aliphatic heterocycles. The van der Waals surface area contributed by atoms with Crippen molar-refractivity contribution in [2.45, 2.75) is 13.0 Å². The van der Waals surface area contributed by atoms with Crippen LogP contribution in [0.5, 0.6) is 5.88 Å². The van der Waals surface area contributed by atoms with Crippen molar-refractivity contribution in [2.75, 3.05) is 12.4 Å². The van der Waals surface area contributed by atoms with Gasteiger partial charge in [0.15, 0.2) is 5.78 Å². The lowest BCUT2D eigenvalue weighted by Gasteiger charge is -2.09. The molecular weight excluding hydrogens is 388 g/mol. The lowest BCUT2D eigenvalue weighted by Crippen LogP contribution is -2.07. The van der Waals surface area contributed by atoms with Gasteiger partial charge in [0.05, 0.1) is 5.02 Å². The molecule has 1 aromatic carbocycles. The molecule has 0 atom stereocenters. The quantitative estimate of drug-likeness (QED) is 0.550. The number of nitrogens with one attached hydrogen (secondary N) is 1. The molecule has 0 spiro atoms. The van der Waals surface area contributed by atoms with Crippen LogP contribution in [-0.2, 0) is 17.8 Å². The first kappa shape index (κ1) is 20.4. The second kappa shape index (κ2) is 9.71. The summed E-state index contributed by atoms with van der Waals surface area (Å²) in [4.78, 5) is 20.7. The Bertz CT molecular complexity index is 1010. The smallest absolute Gasteiger partial charge is 0.213 e. The van der Waals surface area contributed by atoms with Crippen molar-refractivity contribution in [1.82, 2.24) is 9.97 Å². The Kier molecular flexibility index (Phi) is 6.81. The average Bonchev–Trinajstić information content (AvgIpc) is 2.74. The highest BCUT2D eigenvalue weighted by Crippen LogP contribution is 2.22. The lowest BCUT2D eigenvalue weighted by atomic mass is 10.0. The molecule has 0 amide bonds. The van der Waals surface area contributed by atoms with Crippen molar-refractivity contribution in [3.63, 3.8) is 0 Å². The number of anilines is 1. The van der Waals surface area contributed by atoms with Crippen molar-refractivity contribution in [3.05, 3.63) is 88.7 Å². The van der Waals surface area contributed by atoms with Gasteiger partial charge < -0.3 is 15.8 Å². The largest absolute Gasteiger partial charge is 0.473 e. The Morgan fingerprint density at radius 3 is 2.62 bits per heavy atom. The Hall–Kier alpha value is -3.38. The molecular formula is C22H21ClN4O2. The molecule has 0 aliphatic carbocycles. The van der Waals surface area contributed by atoms with E-state index in [-0.39, 0.29) is 12.2 Å². The third-order valence-electron chi connectivity index (χ3n) is 4.14. The summed E-state index contributed by atoms with van der Waals surface area (Å²) in [5, 5.41) is 3.39. The van der Waals surface area contributed by atoms with Crippen LogP contribution in [0.2, 0.25) is 5.02 Å². The maximum Gasteiger partial charge on any atom is 0.213 e. The van der Waals surface area contributed by atoms with Crippen molar-refractivity contribution < 1.29 is 9.53 Å². The molecule has 2 aromatic heterocycles. The molecule has 3 aromatic rings. The minimum Gasteiger partial charge on any atom is -0.473 e. The van der Waals surface area contributed by atoms with Gasteiger partial charge >= 0.3 is 0 Å². The van der Waals surface area contributed by atoms with Crippen LogP contribution >= 0.6 is 11.6 Å². The first-order chi connectivity index (χ1) is 14.0. The van der Waals surface area contributed by atoms with E-state index in [1.807, 2.05) is 36.4 Å². The molecule has 0 saturated carbocycles. The second-order valence-corrected chi connectivity index (χ2v) is 6.75. The Morgan fingerprint density at radius 2 is 1.93 bits per heavy atom. The third-order valence-corrected chi connectivity index (χ3v) is 4.35. The van der Waals surface area contributed by atoms with Crippen LogP contribution in [0.25, 0.3) is 5.70 Å². The van der Waals surface area contributed by atoms with Crippen LogP contribution in [0, 0.1) is 0 Å². The van der Waals surface area contributed by atoms with Crippen LogP contribution < -0.4 is 15.8 Å². The summed E-state index contributed by atoms with van der Waals surface area (Å²) in [7, 11) is 1.73. The fourth-order valence-electron chi connectivity index (χ4n) is 2.71. The maximum atomic E-state index is 12.4. The first-order valence-corrected chi connectivity index (χ1v) is 9.38. The summed E-state index contributed by atoms with van der Waals surface area (Å²) in [6.07, 6.45) is 4.85. The molecule has 2 heterocycles. The van der Waals surface area contributed by atoms with Gasteiger partial charge in [0.1, 0.15) is 12.4 Å². The summed E-state index contributed by atoms with van der Waals surface area (Å²) in [5.41, 5.74) is 8.88. The predicted octanol–water partition coefficient (Wildman–Crippen LogP) is 3.86. The first-order valence-electron chi connectivity index (χ1n) is 9.00. The number of nitrogens with two attached hydrogens (primary N) is 1. The highest BCUT2D eigenvalue weighted by Gasteiger charge is 2.09. The Labute approximate surface area is 174 Å². The summed E-state index contributed by atoms with van der Waals surface area (Å²) in [6.45, 7) is 0.409. The molecule has 0 aliphatic rings. The van der Waals surface area contributed by atoms with Gasteiger partial charge in [0.25, 0.3) is 0 Å². The number of hydrogen-bond donors (Lipinski definition) is 2. The standard InChI is InChI=1S/C22H21ClN4O2/c1-25-22-19(11-17(23)13-27-22)20(24)12-18(28)10-15-5-7-16(8-6-15)14-29-21-4-2-3-9-26-21/h2-9,11-13H,10,14,24H2,1H3,(H,25,27)/b20-12-. The fraction of sp³-hybridized carbons (Fsp3) is 0.136. The minimum atomic E-state index is -0.109. The Morgan fingerprint density at radius 1 is 1.17 bits per heavy atom. The fourth-order valence-corrected chi connectivity index (χ4v) is 2.86. The topological polar surface area (TPSA) is 90.1 Å². The van der Waals surface area contributed by atoms with Gasteiger partial charge in [0.2, 0.25) is 5.88 Å². The predicted molar refractivity (Wildman–Crippen MR) is 115 cm³/mol. The third kappa shape index (κ3) is 5.80. The number of aromatic nitrogens is 2. The normalized spacial score (nSPS) is 11.2. The number of nitrogens with zero attached hydrogens (tertiary/aromatic N) is 2. The number of pyridine rings is 2. The van der Waals surface area contributed by atoms with E-state index in [1.54, 1.807) is 25.4 Å². The maximum absolute atomic E-state index is 12.4. The number of ketones is 1. The van der Waals surface area contributed by atoms with Crippen LogP contribution in [0.1, 0.15) is 16.7 Å².